The van der Waals surface area contributed by atoms with Gasteiger partial charge in [-0.3, -0.25) is 9.69 Å². The minimum atomic E-state index is -0.236. The molecule has 2 aliphatic rings. The van der Waals surface area contributed by atoms with E-state index in [9.17, 15) is 4.79 Å². The van der Waals surface area contributed by atoms with Gasteiger partial charge in [0.1, 0.15) is 0 Å². The average Bonchev–Trinajstić information content (AvgIpc) is 3.10. The molecular formula is C15H20ClNO2S. The number of halogens is 1. The maximum atomic E-state index is 12.9. The summed E-state index contributed by atoms with van der Waals surface area (Å²) in [5.41, 5.74) is -0.236. The highest BCUT2D eigenvalue weighted by Crippen LogP contribution is 2.38. The van der Waals surface area contributed by atoms with Crippen LogP contribution in [0.4, 0.5) is 0 Å². The first-order valence-corrected chi connectivity index (χ1v) is 8.50. The predicted molar refractivity (Wildman–Crippen MR) is 81.6 cm³/mol. The molecule has 1 aliphatic carbocycles. The first kappa shape index (κ1) is 14.5. The third kappa shape index (κ3) is 2.80. The number of thiophene rings is 1. The van der Waals surface area contributed by atoms with Gasteiger partial charge in [-0.2, -0.15) is 0 Å². The highest BCUT2D eigenvalue weighted by atomic mass is 35.5. The number of nitrogens with zero attached hydrogens (tertiary/aromatic N) is 1. The molecule has 20 heavy (non-hydrogen) atoms. The Labute approximate surface area is 128 Å². The van der Waals surface area contributed by atoms with Crippen LogP contribution in [0.2, 0.25) is 4.34 Å². The molecule has 110 valence electrons. The number of morpholine rings is 1. The molecule has 1 aromatic heterocycles. The Morgan fingerprint density at radius 2 is 2.00 bits per heavy atom. The van der Waals surface area contributed by atoms with Gasteiger partial charge < -0.3 is 4.74 Å². The molecule has 0 spiro atoms. The van der Waals surface area contributed by atoms with E-state index in [1.807, 2.05) is 12.1 Å². The van der Waals surface area contributed by atoms with Crippen molar-refractivity contribution in [2.75, 3.05) is 26.3 Å². The highest BCUT2D eigenvalue weighted by molar-refractivity contribution is 7.16. The van der Waals surface area contributed by atoms with E-state index in [0.29, 0.717) is 12.2 Å². The smallest absolute Gasteiger partial charge is 0.158 e. The number of ether oxygens (including phenoxy) is 1. The zero-order valence-electron chi connectivity index (χ0n) is 11.6. The highest BCUT2D eigenvalue weighted by Gasteiger charge is 2.45. The molecule has 1 aromatic rings. The SMILES string of the molecule is O=C(Cc1ccc(Cl)s1)C1(N2CCOCC2)CCCC1. The lowest BCUT2D eigenvalue weighted by Crippen LogP contribution is -2.57. The van der Waals surface area contributed by atoms with Crippen LogP contribution in [0.5, 0.6) is 0 Å². The van der Waals surface area contributed by atoms with Crippen molar-refractivity contribution in [2.24, 2.45) is 0 Å². The van der Waals surface area contributed by atoms with Crippen molar-refractivity contribution in [3.63, 3.8) is 0 Å². The zero-order valence-corrected chi connectivity index (χ0v) is 13.1. The number of carbonyl (C=O) groups excluding carboxylic acids is 1. The Hall–Kier alpha value is -0.420. The summed E-state index contributed by atoms with van der Waals surface area (Å²) >= 11 is 7.49. The summed E-state index contributed by atoms with van der Waals surface area (Å²) in [6.07, 6.45) is 4.85. The normalized spacial score (nSPS) is 23.1. The van der Waals surface area contributed by atoms with Crippen molar-refractivity contribution in [1.29, 1.82) is 0 Å². The number of ketones is 1. The molecule has 1 saturated carbocycles. The lowest BCUT2D eigenvalue weighted by molar-refractivity contribution is -0.133. The average molecular weight is 314 g/mol. The van der Waals surface area contributed by atoms with Gasteiger partial charge in [0.25, 0.3) is 0 Å². The predicted octanol–water partition coefficient (Wildman–Crippen LogP) is 3.16. The van der Waals surface area contributed by atoms with E-state index in [2.05, 4.69) is 4.90 Å². The maximum absolute atomic E-state index is 12.9. The monoisotopic (exact) mass is 313 g/mol. The van der Waals surface area contributed by atoms with E-state index in [4.69, 9.17) is 16.3 Å². The van der Waals surface area contributed by atoms with E-state index in [0.717, 1.165) is 61.2 Å². The van der Waals surface area contributed by atoms with E-state index >= 15 is 0 Å². The van der Waals surface area contributed by atoms with Gasteiger partial charge in [-0.15, -0.1) is 11.3 Å². The minimum absolute atomic E-state index is 0.236. The summed E-state index contributed by atoms with van der Waals surface area (Å²) < 4.78 is 6.20. The standard InChI is InChI=1S/C15H20ClNO2S/c16-14-4-3-12(20-14)11-13(18)15(5-1-2-6-15)17-7-9-19-10-8-17/h3-4H,1-2,5-11H2. The fraction of sp³-hybridized carbons (Fsp3) is 0.667. The van der Waals surface area contributed by atoms with Gasteiger partial charge in [0.15, 0.2) is 5.78 Å². The first-order valence-electron chi connectivity index (χ1n) is 7.31. The number of hydrogen-bond acceptors (Lipinski definition) is 4. The molecule has 0 aromatic carbocycles. The molecule has 5 heteroatoms. The summed E-state index contributed by atoms with van der Waals surface area (Å²) in [6, 6.07) is 3.86. The molecule has 0 unspecified atom stereocenters. The number of Topliss-reactive ketones (excluding diaryl/α,β-unsaturated/α-hetero) is 1. The van der Waals surface area contributed by atoms with Gasteiger partial charge in [-0.05, 0) is 25.0 Å². The Kier molecular flexibility index (Phi) is 4.46. The zero-order chi connectivity index (χ0) is 14.0. The molecule has 2 heterocycles. The lowest BCUT2D eigenvalue weighted by atomic mass is 9.87. The molecule has 0 bridgehead atoms. The minimum Gasteiger partial charge on any atom is -0.379 e. The summed E-state index contributed by atoms with van der Waals surface area (Å²) in [5, 5.41) is 0. The van der Waals surface area contributed by atoms with E-state index in [-0.39, 0.29) is 5.54 Å². The molecule has 0 N–H and O–H groups in total. The summed E-state index contributed by atoms with van der Waals surface area (Å²) in [7, 11) is 0. The van der Waals surface area contributed by atoms with Crippen molar-refractivity contribution >= 4 is 28.7 Å². The Morgan fingerprint density at radius 1 is 1.30 bits per heavy atom. The van der Waals surface area contributed by atoms with Crippen LogP contribution in [0.1, 0.15) is 30.6 Å². The van der Waals surface area contributed by atoms with Gasteiger partial charge in [0.05, 0.1) is 23.1 Å². The van der Waals surface area contributed by atoms with Crippen LogP contribution < -0.4 is 0 Å². The summed E-state index contributed by atoms with van der Waals surface area (Å²) in [6.45, 7) is 3.27. The third-order valence-corrected chi connectivity index (χ3v) is 5.76. The summed E-state index contributed by atoms with van der Waals surface area (Å²) in [4.78, 5) is 16.4. The van der Waals surface area contributed by atoms with Crippen molar-refractivity contribution in [3.8, 4) is 0 Å². The topological polar surface area (TPSA) is 29.5 Å². The fourth-order valence-electron chi connectivity index (χ4n) is 3.49. The maximum Gasteiger partial charge on any atom is 0.158 e. The second kappa shape index (κ2) is 6.14. The van der Waals surface area contributed by atoms with E-state index in [1.165, 1.54) is 11.3 Å². The Morgan fingerprint density at radius 3 is 2.60 bits per heavy atom. The van der Waals surface area contributed by atoms with Crippen LogP contribution in [0.25, 0.3) is 0 Å². The van der Waals surface area contributed by atoms with Gasteiger partial charge in [-0.1, -0.05) is 24.4 Å². The molecule has 0 radical (unpaired) electrons. The molecule has 3 nitrogen and oxygen atoms in total. The van der Waals surface area contributed by atoms with E-state index < -0.39 is 0 Å². The molecule has 3 rings (SSSR count). The molecular weight excluding hydrogens is 294 g/mol. The Balaban J connectivity index is 1.76. The largest absolute Gasteiger partial charge is 0.379 e. The number of hydrogen-bond donors (Lipinski definition) is 0. The van der Waals surface area contributed by atoms with Crippen LogP contribution in [-0.4, -0.2) is 42.5 Å². The van der Waals surface area contributed by atoms with Crippen LogP contribution in [0.15, 0.2) is 12.1 Å². The molecule has 2 fully saturated rings. The van der Waals surface area contributed by atoms with Gasteiger partial charge in [0.2, 0.25) is 0 Å². The molecule has 0 amide bonds. The van der Waals surface area contributed by atoms with Crippen LogP contribution in [-0.2, 0) is 16.0 Å². The summed E-state index contributed by atoms with van der Waals surface area (Å²) in [5.74, 6) is 0.371. The Bertz CT molecular complexity index is 476. The van der Waals surface area contributed by atoms with Gasteiger partial charge >= 0.3 is 0 Å². The molecule has 1 aliphatic heterocycles. The molecule has 1 saturated heterocycles. The van der Waals surface area contributed by atoms with Crippen LogP contribution in [0.3, 0.4) is 0 Å². The van der Waals surface area contributed by atoms with Crippen LogP contribution >= 0.6 is 22.9 Å². The molecule has 0 atom stereocenters. The number of carbonyl (C=O) groups is 1. The fourth-order valence-corrected chi connectivity index (χ4v) is 4.58. The van der Waals surface area contributed by atoms with Crippen molar-refractivity contribution in [3.05, 3.63) is 21.3 Å². The van der Waals surface area contributed by atoms with Crippen molar-refractivity contribution in [2.45, 2.75) is 37.6 Å². The van der Waals surface area contributed by atoms with Gasteiger partial charge in [0, 0.05) is 24.4 Å². The third-order valence-electron chi connectivity index (χ3n) is 4.53. The second-order valence-corrected chi connectivity index (χ2v) is 7.44. The second-order valence-electron chi connectivity index (χ2n) is 5.64. The van der Waals surface area contributed by atoms with Crippen molar-refractivity contribution in [1.82, 2.24) is 4.90 Å². The van der Waals surface area contributed by atoms with Crippen LogP contribution in [0, 0.1) is 0 Å². The number of rotatable bonds is 4. The van der Waals surface area contributed by atoms with E-state index in [1.54, 1.807) is 0 Å². The first-order chi connectivity index (χ1) is 9.71. The van der Waals surface area contributed by atoms with Crippen molar-refractivity contribution < 1.29 is 9.53 Å². The lowest BCUT2D eigenvalue weighted by Gasteiger charge is -2.42. The van der Waals surface area contributed by atoms with Gasteiger partial charge in [-0.25, -0.2) is 0 Å². The quantitative estimate of drug-likeness (QED) is 0.855.